The number of hydrogen-bond acceptors (Lipinski definition) is 7. The smallest absolute Gasteiger partial charge is 0.335 e. The summed E-state index contributed by atoms with van der Waals surface area (Å²) < 4.78 is 18.2. The SMILES string of the molecule is COCCCN1N[C@H]2N(C(=O)CN(C)N2C(=O)NCc2ccc(F)cc2)[C@@H](CCC(=O)O)C1=O. The first-order valence-corrected chi connectivity index (χ1v) is 10.8. The third-order valence-corrected chi connectivity index (χ3v) is 5.60. The van der Waals surface area contributed by atoms with Gasteiger partial charge in [-0.3, -0.25) is 24.3 Å². The topological polar surface area (TPSA) is 135 Å². The molecule has 4 amide bonds. The van der Waals surface area contributed by atoms with Crippen molar-refractivity contribution < 1.29 is 33.4 Å². The van der Waals surface area contributed by atoms with E-state index in [1.807, 2.05) is 0 Å². The van der Waals surface area contributed by atoms with E-state index in [1.54, 1.807) is 19.2 Å². The number of halogens is 1. The molecule has 2 saturated heterocycles. The largest absolute Gasteiger partial charge is 0.481 e. The number of hydrogen-bond donors (Lipinski definition) is 3. The molecule has 0 saturated carbocycles. The third-order valence-electron chi connectivity index (χ3n) is 5.60. The highest BCUT2D eigenvalue weighted by Gasteiger charge is 2.50. The van der Waals surface area contributed by atoms with Crippen molar-refractivity contribution in [2.24, 2.45) is 0 Å². The maximum absolute atomic E-state index is 13.2. The van der Waals surface area contributed by atoms with Gasteiger partial charge in [0.25, 0.3) is 5.91 Å². The van der Waals surface area contributed by atoms with E-state index in [0.717, 1.165) is 0 Å². The number of methoxy groups -OCH3 is 1. The molecular weight excluding hydrogens is 451 g/mol. The molecule has 2 atom stereocenters. The van der Waals surface area contributed by atoms with Gasteiger partial charge in [0.15, 0.2) is 6.29 Å². The number of fused-ring (bicyclic) bond motifs is 1. The van der Waals surface area contributed by atoms with E-state index in [1.165, 1.54) is 39.2 Å². The Kier molecular flexibility index (Phi) is 8.36. The molecule has 3 N–H and O–H groups in total. The Morgan fingerprint density at radius 3 is 2.62 bits per heavy atom. The molecule has 1 aromatic rings. The summed E-state index contributed by atoms with van der Waals surface area (Å²) in [6, 6.07) is 4.07. The molecule has 13 heteroatoms. The summed E-state index contributed by atoms with van der Waals surface area (Å²) in [6.45, 7) is 0.565. The molecule has 0 aromatic heterocycles. The number of benzene rings is 1. The zero-order chi connectivity index (χ0) is 24.8. The minimum atomic E-state index is -1.09. The molecule has 0 radical (unpaired) electrons. The molecule has 2 fully saturated rings. The maximum atomic E-state index is 13.2. The number of carbonyl (C=O) groups excluding carboxylic acids is 3. The van der Waals surface area contributed by atoms with Gasteiger partial charge in [0, 0.05) is 40.3 Å². The van der Waals surface area contributed by atoms with Gasteiger partial charge in [0.1, 0.15) is 11.9 Å². The van der Waals surface area contributed by atoms with Crippen LogP contribution < -0.4 is 10.7 Å². The van der Waals surface area contributed by atoms with Crippen LogP contribution in [0, 0.1) is 5.82 Å². The molecule has 0 spiro atoms. The van der Waals surface area contributed by atoms with Crippen LogP contribution in [-0.2, 0) is 25.7 Å². The van der Waals surface area contributed by atoms with Crippen molar-refractivity contribution in [1.29, 1.82) is 0 Å². The number of carbonyl (C=O) groups is 4. The first-order valence-electron chi connectivity index (χ1n) is 10.8. The number of carboxylic acid groups (broad SMARTS) is 1. The Hall–Kier alpha value is -3.29. The van der Waals surface area contributed by atoms with E-state index in [4.69, 9.17) is 9.84 Å². The fraction of sp³-hybridized carbons (Fsp3) is 0.524. The fourth-order valence-electron chi connectivity index (χ4n) is 3.95. The number of urea groups is 1. The fourth-order valence-corrected chi connectivity index (χ4v) is 3.95. The summed E-state index contributed by atoms with van der Waals surface area (Å²) in [5.41, 5.74) is 3.61. The van der Waals surface area contributed by atoms with E-state index in [0.29, 0.717) is 18.6 Å². The summed E-state index contributed by atoms with van der Waals surface area (Å²) in [5, 5.41) is 15.9. The third kappa shape index (κ3) is 5.79. The van der Waals surface area contributed by atoms with Crippen LogP contribution in [0.1, 0.15) is 24.8 Å². The molecule has 3 rings (SSSR count). The molecule has 12 nitrogen and oxygen atoms in total. The first-order chi connectivity index (χ1) is 16.2. The van der Waals surface area contributed by atoms with Gasteiger partial charge in [0.2, 0.25) is 5.91 Å². The number of aliphatic carboxylic acids is 1. The van der Waals surface area contributed by atoms with Gasteiger partial charge in [-0.15, -0.1) is 0 Å². The highest BCUT2D eigenvalue weighted by atomic mass is 19.1. The summed E-state index contributed by atoms with van der Waals surface area (Å²) in [5.74, 6) is -2.35. The van der Waals surface area contributed by atoms with Crippen molar-refractivity contribution >= 4 is 23.8 Å². The quantitative estimate of drug-likeness (QED) is 0.418. The van der Waals surface area contributed by atoms with Crippen molar-refractivity contribution in [2.75, 3.05) is 33.9 Å². The molecule has 2 aliphatic heterocycles. The molecule has 34 heavy (non-hydrogen) atoms. The van der Waals surface area contributed by atoms with Gasteiger partial charge >= 0.3 is 12.0 Å². The Labute approximate surface area is 196 Å². The van der Waals surface area contributed by atoms with E-state index in [2.05, 4.69) is 10.7 Å². The number of rotatable bonds is 9. The van der Waals surface area contributed by atoms with Gasteiger partial charge in [-0.1, -0.05) is 12.1 Å². The Bertz CT molecular complexity index is 916. The van der Waals surface area contributed by atoms with Gasteiger partial charge in [-0.25, -0.2) is 19.2 Å². The molecule has 1 aromatic carbocycles. The van der Waals surface area contributed by atoms with Crippen molar-refractivity contribution in [3.05, 3.63) is 35.6 Å². The minimum Gasteiger partial charge on any atom is -0.481 e. The van der Waals surface area contributed by atoms with Crippen LogP contribution in [0.5, 0.6) is 0 Å². The molecule has 2 heterocycles. The van der Waals surface area contributed by atoms with Gasteiger partial charge in [-0.2, -0.15) is 5.43 Å². The Morgan fingerprint density at radius 1 is 1.26 bits per heavy atom. The maximum Gasteiger partial charge on any atom is 0.335 e. The zero-order valence-electron chi connectivity index (χ0n) is 19.1. The van der Waals surface area contributed by atoms with Gasteiger partial charge < -0.3 is 15.2 Å². The lowest BCUT2D eigenvalue weighted by Gasteiger charge is -2.54. The van der Waals surface area contributed by atoms with Crippen molar-refractivity contribution in [1.82, 2.24) is 30.7 Å². The molecule has 2 aliphatic rings. The van der Waals surface area contributed by atoms with Crippen molar-refractivity contribution in [3.8, 4) is 0 Å². The lowest BCUT2D eigenvalue weighted by molar-refractivity contribution is -0.202. The molecular formula is C21H29FN6O6. The lowest BCUT2D eigenvalue weighted by Crippen LogP contribution is -2.80. The number of nitrogens with zero attached hydrogens (tertiary/aromatic N) is 4. The van der Waals surface area contributed by atoms with Crippen LogP contribution >= 0.6 is 0 Å². The predicted octanol–water partition coefficient (Wildman–Crippen LogP) is -0.0734. The first kappa shape index (κ1) is 25.3. The summed E-state index contributed by atoms with van der Waals surface area (Å²) in [7, 11) is 3.09. The number of amides is 4. The number of nitrogens with one attached hydrogen (secondary N) is 2. The average Bonchev–Trinajstić information content (AvgIpc) is 2.78. The zero-order valence-corrected chi connectivity index (χ0v) is 19.1. The van der Waals surface area contributed by atoms with Crippen molar-refractivity contribution in [3.63, 3.8) is 0 Å². The van der Waals surface area contributed by atoms with Crippen molar-refractivity contribution in [2.45, 2.75) is 38.1 Å². The summed E-state index contributed by atoms with van der Waals surface area (Å²) in [6.07, 6.45) is -0.953. The normalized spacial score (nSPS) is 21.0. The Morgan fingerprint density at radius 2 is 1.97 bits per heavy atom. The lowest BCUT2D eigenvalue weighted by atomic mass is 10.1. The highest BCUT2D eigenvalue weighted by Crippen LogP contribution is 2.25. The highest BCUT2D eigenvalue weighted by molar-refractivity contribution is 5.91. The number of ether oxygens (including phenoxy) is 1. The summed E-state index contributed by atoms with van der Waals surface area (Å²) in [4.78, 5) is 51.5. The van der Waals surface area contributed by atoms with Crippen LogP contribution in [0.4, 0.5) is 9.18 Å². The number of likely N-dealkylation sites (N-methyl/N-ethyl adjacent to an activating group) is 1. The monoisotopic (exact) mass is 480 g/mol. The van der Waals surface area contributed by atoms with Crippen LogP contribution in [0.2, 0.25) is 0 Å². The molecule has 0 bridgehead atoms. The minimum absolute atomic E-state index is 0.0897. The van der Waals surface area contributed by atoms with Gasteiger partial charge in [-0.05, 0) is 30.5 Å². The number of carboxylic acids is 1. The number of hydrazine groups is 2. The molecule has 0 aliphatic carbocycles. The molecule has 0 unspecified atom stereocenters. The summed E-state index contributed by atoms with van der Waals surface area (Å²) >= 11 is 0. The average molecular weight is 480 g/mol. The predicted molar refractivity (Wildman–Crippen MR) is 116 cm³/mol. The Balaban J connectivity index is 1.82. The van der Waals surface area contributed by atoms with E-state index < -0.39 is 42.0 Å². The standard InChI is InChI=1S/C21H29FN6O6/c1-25-13-17(29)27-16(8-9-18(30)31)19(32)26(10-3-11-34-2)24-20(27)28(25)21(33)23-12-14-4-6-15(22)7-5-14/h4-7,16,20,24H,3,8-13H2,1-2H3,(H,23,33)(H,30,31)/t16-,20-/m0/s1. The second-order valence-electron chi connectivity index (χ2n) is 8.03. The van der Waals surface area contributed by atoms with E-state index in [9.17, 15) is 23.6 Å². The van der Waals surface area contributed by atoms with Crippen LogP contribution in [0.3, 0.4) is 0 Å². The van der Waals surface area contributed by atoms with Crippen LogP contribution in [0.15, 0.2) is 24.3 Å². The van der Waals surface area contributed by atoms with E-state index >= 15 is 0 Å². The van der Waals surface area contributed by atoms with Crippen LogP contribution in [0.25, 0.3) is 0 Å². The second kappa shape index (κ2) is 11.2. The van der Waals surface area contributed by atoms with Crippen LogP contribution in [-0.4, -0.2) is 95.0 Å². The van der Waals surface area contributed by atoms with Gasteiger partial charge in [0.05, 0.1) is 6.54 Å². The molecule has 186 valence electrons. The van der Waals surface area contributed by atoms with E-state index in [-0.39, 0.29) is 32.5 Å². The second-order valence-corrected chi connectivity index (χ2v) is 8.03.